The van der Waals surface area contributed by atoms with Gasteiger partial charge in [0.05, 0.1) is 6.67 Å². The van der Waals surface area contributed by atoms with Gasteiger partial charge in [-0.25, -0.2) is 0 Å². The number of piperidine rings is 1. The summed E-state index contributed by atoms with van der Waals surface area (Å²) >= 11 is 0. The van der Waals surface area contributed by atoms with Crippen molar-refractivity contribution in [1.82, 2.24) is 9.80 Å². The Labute approximate surface area is 88.3 Å². The van der Waals surface area contributed by atoms with Gasteiger partial charge >= 0.3 is 0 Å². The summed E-state index contributed by atoms with van der Waals surface area (Å²) in [5.41, 5.74) is 0.554. The molecule has 0 aliphatic carbocycles. The summed E-state index contributed by atoms with van der Waals surface area (Å²) in [6.07, 6.45) is 5.62. The molecule has 0 N–H and O–H groups in total. The van der Waals surface area contributed by atoms with E-state index in [0.29, 0.717) is 5.41 Å². The fourth-order valence-electron chi connectivity index (χ4n) is 2.87. The molecule has 0 spiro atoms. The van der Waals surface area contributed by atoms with Crippen LogP contribution in [0.3, 0.4) is 0 Å². The van der Waals surface area contributed by atoms with Crippen molar-refractivity contribution in [3.8, 4) is 0 Å². The molecule has 0 aromatic carbocycles. The van der Waals surface area contributed by atoms with E-state index in [1.54, 1.807) is 0 Å². The molecule has 0 aromatic heterocycles. The zero-order valence-electron chi connectivity index (χ0n) is 9.76. The largest absolute Gasteiger partial charge is 0.290 e. The van der Waals surface area contributed by atoms with Gasteiger partial charge < -0.3 is 0 Å². The monoisotopic (exact) mass is 196 g/mol. The first-order valence-corrected chi connectivity index (χ1v) is 6.10. The minimum absolute atomic E-state index is 0.554. The Hall–Kier alpha value is -0.0800. The Balaban J connectivity index is 1.79. The van der Waals surface area contributed by atoms with E-state index in [1.807, 2.05) is 0 Å². The van der Waals surface area contributed by atoms with Crippen molar-refractivity contribution in [2.45, 2.75) is 39.5 Å². The van der Waals surface area contributed by atoms with Crippen molar-refractivity contribution >= 4 is 0 Å². The van der Waals surface area contributed by atoms with Gasteiger partial charge in [0.25, 0.3) is 0 Å². The third kappa shape index (κ3) is 2.71. The van der Waals surface area contributed by atoms with Crippen LogP contribution < -0.4 is 0 Å². The van der Waals surface area contributed by atoms with Gasteiger partial charge in [0.2, 0.25) is 0 Å². The molecule has 2 saturated heterocycles. The molecule has 2 rings (SSSR count). The maximum Gasteiger partial charge on any atom is 0.0506 e. The molecule has 82 valence electrons. The van der Waals surface area contributed by atoms with Gasteiger partial charge in [0.1, 0.15) is 0 Å². The van der Waals surface area contributed by atoms with E-state index >= 15 is 0 Å². The highest BCUT2D eigenvalue weighted by atomic mass is 15.3. The number of hydrogen-bond acceptors (Lipinski definition) is 2. The normalized spacial score (nSPS) is 29.6. The molecule has 2 aliphatic rings. The van der Waals surface area contributed by atoms with Crippen LogP contribution >= 0.6 is 0 Å². The molecule has 2 heteroatoms. The molecule has 2 heterocycles. The number of nitrogens with zero attached hydrogens (tertiary/aromatic N) is 2. The van der Waals surface area contributed by atoms with Crippen LogP contribution in [0, 0.1) is 5.41 Å². The highest BCUT2D eigenvalue weighted by molar-refractivity contribution is 4.80. The zero-order chi connectivity index (χ0) is 10.0. The van der Waals surface area contributed by atoms with Crippen molar-refractivity contribution in [3.63, 3.8) is 0 Å². The van der Waals surface area contributed by atoms with E-state index in [4.69, 9.17) is 0 Å². The molecule has 2 fully saturated rings. The minimum atomic E-state index is 0.554. The van der Waals surface area contributed by atoms with E-state index in [0.717, 1.165) is 0 Å². The highest BCUT2D eigenvalue weighted by Crippen LogP contribution is 2.28. The van der Waals surface area contributed by atoms with Gasteiger partial charge in [-0.1, -0.05) is 13.8 Å². The van der Waals surface area contributed by atoms with Crippen molar-refractivity contribution in [3.05, 3.63) is 0 Å². The van der Waals surface area contributed by atoms with Crippen LogP contribution in [0.15, 0.2) is 0 Å². The lowest BCUT2D eigenvalue weighted by Gasteiger charge is -2.39. The predicted octanol–water partition coefficient (Wildman–Crippen LogP) is 2.16. The molecule has 0 saturated carbocycles. The topological polar surface area (TPSA) is 6.48 Å². The van der Waals surface area contributed by atoms with E-state index in [-0.39, 0.29) is 0 Å². The molecule has 14 heavy (non-hydrogen) atoms. The Morgan fingerprint density at radius 1 is 0.929 bits per heavy atom. The lowest BCUT2D eigenvalue weighted by atomic mass is 9.84. The highest BCUT2D eigenvalue weighted by Gasteiger charge is 2.27. The second kappa shape index (κ2) is 4.19. The van der Waals surface area contributed by atoms with Crippen molar-refractivity contribution < 1.29 is 0 Å². The standard InChI is InChI=1S/C12H24N2/c1-12(2)6-5-9-14(10-12)11-13-7-3-4-8-13/h3-11H2,1-2H3. The van der Waals surface area contributed by atoms with Gasteiger partial charge in [0, 0.05) is 6.54 Å². The molecule has 2 nitrogen and oxygen atoms in total. The molecular weight excluding hydrogens is 172 g/mol. The summed E-state index contributed by atoms with van der Waals surface area (Å²) in [5.74, 6) is 0. The van der Waals surface area contributed by atoms with Crippen LogP contribution in [-0.2, 0) is 0 Å². The SMILES string of the molecule is CC1(C)CCCN(CN2CCCC2)C1. The van der Waals surface area contributed by atoms with Gasteiger partial charge in [-0.15, -0.1) is 0 Å². The lowest BCUT2D eigenvalue weighted by molar-refractivity contribution is 0.0679. The summed E-state index contributed by atoms with van der Waals surface area (Å²) in [5, 5.41) is 0. The fourth-order valence-corrected chi connectivity index (χ4v) is 2.87. The van der Waals surface area contributed by atoms with E-state index in [2.05, 4.69) is 23.6 Å². The summed E-state index contributed by atoms with van der Waals surface area (Å²) in [4.78, 5) is 5.26. The van der Waals surface area contributed by atoms with E-state index < -0.39 is 0 Å². The average Bonchev–Trinajstić information content (AvgIpc) is 2.54. The van der Waals surface area contributed by atoms with Gasteiger partial charge in [-0.3, -0.25) is 9.80 Å². The molecule has 0 radical (unpaired) electrons. The molecular formula is C12H24N2. The predicted molar refractivity (Wildman–Crippen MR) is 60.3 cm³/mol. The molecule has 0 unspecified atom stereocenters. The smallest absolute Gasteiger partial charge is 0.0506 e. The van der Waals surface area contributed by atoms with Crippen LogP contribution in [0.5, 0.6) is 0 Å². The quantitative estimate of drug-likeness (QED) is 0.668. The third-order valence-corrected chi connectivity index (χ3v) is 3.58. The van der Waals surface area contributed by atoms with Crippen LogP contribution in [0.1, 0.15) is 39.5 Å². The van der Waals surface area contributed by atoms with Gasteiger partial charge in [-0.2, -0.15) is 0 Å². The second-order valence-corrected chi connectivity index (χ2v) is 5.79. The number of likely N-dealkylation sites (tertiary alicyclic amines) is 2. The average molecular weight is 196 g/mol. The molecule has 0 atom stereocenters. The molecule has 0 amide bonds. The lowest BCUT2D eigenvalue weighted by Crippen LogP contribution is -2.45. The van der Waals surface area contributed by atoms with E-state index in [9.17, 15) is 0 Å². The summed E-state index contributed by atoms with van der Waals surface area (Å²) in [6.45, 7) is 11.3. The molecule has 0 aromatic rings. The van der Waals surface area contributed by atoms with Crippen molar-refractivity contribution in [1.29, 1.82) is 0 Å². The van der Waals surface area contributed by atoms with E-state index in [1.165, 1.54) is 58.5 Å². The Kier molecular flexibility index (Phi) is 3.13. The van der Waals surface area contributed by atoms with Gasteiger partial charge in [-0.05, 0) is 50.7 Å². The second-order valence-electron chi connectivity index (χ2n) is 5.79. The molecule has 0 bridgehead atoms. The maximum absolute atomic E-state index is 2.65. The first kappa shape index (κ1) is 10.4. The zero-order valence-corrected chi connectivity index (χ0v) is 9.76. The van der Waals surface area contributed by atoms with Crippen LogP contribution in [0.25, 0.3) is 0 Å². The number of hydrogen-bond donors (Lipinski definition) is 0. The third-order valence-electron chi connectivity index (χ3n) is 3.58. The summed E-state index contributed by atoms with van der Waals surface area (Å²) < 4.78 is 0. The Bertz CT molecular complexity index is 183. The minimum Gasteiger partial charge on any atom is -0.290 e. The van der Waals surface area contributed by atoms with Gasteiger partial charge in [0.15, 0.2) is 0 Å². The van der Waals surface area contributed by atoms with Crippen LogP contribution in [-0.4, -0.2) is 42.6 Å². The summed E-state index contributed by atoms with van der Waals surface area (Å²) in [6, 6.07) is 0. The molecule has 2 aliphatic heterocycles. The Morgan fingerprint density at radius 2 is 1.57 bits per heavy atom. The Morgan fingerprint density at radius 3 is 2.21 bits per heavy atom. The van der Waals surface area contributed by atoms with Crippen molar-refractivity contribution in [2.24, 2.45) is 5.41 Å². The van der Waals surface area contributed by atoms with Crippen LogP contribution in [0.2, 0.25) is 0 Å². The van der Waals surface area contributed by atoms with Crippen LogP contribution in [0.4, 0.5) is 0 Å². The summed E-state index contributed by atoms with van der Waals surface area (Å²) in [7, 11) is 0. The first-order valence-electron chi connectivity index (χ1n) is 6.10. The van der Waals surface area contributed by atoms with Crippen molar-refractivity contribution in [2.75, 3.05) is 32.8 Å². The maximum atomic E-state index is 2.65. The first-order chi connectivity index (χ1) is 6.66. The fraction of sp³-hybridized carbons (Fsp3) is 1.00. The number of rotatable bonds is 2.